The Hall–Kier alpha value is -1.91. The van der Waals surface area contributed by atoms with E-state index in [1.807, 2.05) is 6.92 Å². The number of benzene rings is 1. The molecule has 0 heterocycles. The van der Waals surface area contributed by atoms with E-state index in [0.717, 1.165) is 19.3 Å². The van der Waals surface area contributed by atoms with Crippen LogP contribution in [-0.4, -0.2) is 16.9 Å². The van der Waals surface area contributed by atoms with Gasteiger partial charge in [0.1, 0.15) is 0 Å². The van der Waals surface area contributed by atoms with Gasteiger partial charge < -0.3 is 5.32 Å². The van der Waals surface area contributed by atoms with Crippen LogP contribution in [0.2, 0.25) is 0 Å². The summed E-state index contributed by atoms with van der Waals surface area (Å²) in [7, 11) is 0. The molecule has 0 radical (unpaired) electrons. The first-order valence-corrected chi connectivity index (χ1v) is 6.95. The lowest BCUT2D eigenvalue weighted by molar-refractivity contribution is -0.384. The molecule has 110 valence electrons. The fraction of sp³-hybridized carbons (Fsp3) is 0.533. The van der Waals surface area contributed by atoms with Crippen molar-refractivity contribution in [3.8, 4) is 0 Å². The highest BCUT2D eigenvalue weighted by Crippen LogP contribution is 2.14. The molecule has 1 aromatic rings. The SMILES string of the molecule is CC(C)CCCC(C)NC(=O)c1cccc([N+](=O)[O-])c1. The molecule has 5 nitrogen and oxygen atoms in total. The van der Waals surface area contributed by atoms with Crippen LogP contribution in [0.15, 0.2) is 24.3 Å². The van der Waals surface area contributed by atoms with Gasteiger partial charge >= 0.3 is 0 Å². The van der Waals surface area contributed by atoms with Crippen molar-refractivity contribution in [3.05, 3.63) is 39.9 Å². The molecule has 20 heavy (non-hydrogen) atoms. The first-order chi connectivity index (χ1) is 9.40. The lowest BCUT2D eigenvalue weighted by Crippen LogP contribution is -2.32. The zero-order valence-corrected chi connectivity index (χ0v) is 12.3. The number of hydrogen-bond acceptors (Lipinski definition) is 3. The van der Waals surface area contributed by atoms with Crippen LogP contribution in [0.25, 0.3) is 0 Å². The van der Waals surface area contributed by atoms with Crippen molar-refractivity contribution in [1.82, 2.24) is 5.32 Å². The monoisotopic (exact) mass is 278 g/mol. The zero-order chi connectivity index (χ0) is 15.1. The number of carbonyl (C=O) groups is 1. The van der Waals surface area contributed by atoms with Crippen LogP contribution in [0.4, 0.5) is 5.69 Å². The summed E-state index contributed by atoms with van der Waals surface area (Å²) in [6.07, 6.45) is 3.11. The van der Waals surface area contributed by atoms with Crippen LogP contribution in [0.1, 0.15) is 50.4 Å². The number of hydrogen-bond donors (Lipinski definition) is 1. The molecule has 0 aliphatic rings. The number of nitro benzene ring substituents is 1. The zero-order valence-electron chi connectivity index (χ0n) is 12.3. The van der Waals surface area contributed by atoms with E-state index in [1.165, 1.54) is 18.2 Å². The maximum absolute atomic E-state index is 12.0. The van der Waals surface area contributed by atoms with Crippen molar-refractivity contribution >= 4 is 11.6 Å². The van der Waals surface area contributed by atoms with Crippen LogP contribution in [-0.2, 0) is 0 Å². The highest BCUT2D eigenvalue weighted by atomic mass is 16.6. The molecule has 0 saturated carbocycles. The first-order valence-electron chi connectivity index (χ1n) is 6.95. The summed E-state index contributed by atoms with van der Waals surface area (Å²) in [5, 5.41) is 13.6. The van der Waals surface area contributed by atoms with E-state index in [4.69, 9.17) is 0 Å². The van der Waals surface area contributed by atoms with Crippen LogP contribution >= 0.6 is 0 Å². The van der Waals surface area contributed by atoms with Gasteiger partial charge in [0.05, 0.1) is 4.92 Å². The highest BCUT2D eigenvalue weighted by Gasteiger charge is 2.13. The predicted molar refractivity (Wildman–Crippen MR) is 78.7 cm³/mol. The molecule has 0 saturated heterocycles. The Morgan fingerprint density at radius 2 is 2.00 bits per heavy atom. The molecule has 1 unspecified atom stereocenters. The minimum atomic E-state index is -0.497. The Balaban J connectivity index is 2.53. The van der Waals surface area contributed by atoms with Gasteiger partial charge in [0.25, 0.3) is 11.6 Å². The van der Waals surface area contributed by atoms with Crippen molar-refractivity contribution in [2.45, 2.75) is 46.1 Å². The van der Waals surface area contributed by atoms with Crippen molar-refractivity contribution in [2.75, 3.05) is 0 Å². The van der Waals surface area contributed by atoms with Gasteiger partial charge in [-0.2, -0.15) is 0 Å². The Bertz CT molecular complexity index is 472. The summed E-state index contributed by atoms with van der Waals surface area (Å²) in [4.78, 5) is 22.2. The van der Waals surface area contributed by atoms with E-state index < -0.39 is 4.92 Å². The summed E-state index contributed by atoms with van der Waals surface area (Å²) in [6.45, 7) is 6.30. The average molecular weight is 278 g/mol. The standard InChI is InChI=1S/C15H22N2O3/c1-11(2)6-4-7-12(3)16-15(18)13-8-5-9-14(10-13)17(19)20/h5,8-12H,4,6-7H2,1-3H3,(H,16,18). The highest BCUT2D eigenvalue weighted by molar-refractivity contribution is 5.94. The summed E-state index contributed by atoms with van der Waals surface area (Å²) < 4.78 is 0. The van der Waals surface area contributed by atoms with Crippen molar-refractivity contribution in [1.29, 1.82) is 0 Å². The third kappa shape index (κ3) is 5.38. The lowest BCUT2D eigenvalue weighted by Gasteiger charge is -2.14. The Morgan fingerprint density at radius 1 is 1.30 bits per heavy atom. The second kappa shape index (κ2) is 7.62. The van der Waals surface area contributed by atoms with Gasteiger partial charge in [0, 0.05) is 23.7 Å². The van der Waals surface area contributed by atoms with E-state index in [0.29, 0.717) is 11.5 Å². The summed E-state index contributed by atoms with van der Waals surface area (Å²) >= 11 is 0. The summed E-state index contributed by atoms with van der Waals surface area (Å²) in [5.41, 5.74) is 0.264. The third-order valence-electron chi connectivity index (χ3n) is 3.12. The summed E-state index contributed by atoms with van der Waals surface area (Å²) in [5.74, 6) is 0.403. The van der Waals surface area contributed by atoms with E-state index in [-0.39, 0.29) is 17.6 Å². The van der Waals surface area contributed by atoms with Gasteiger partial charge in [-0.25, -0.2) is 0 Å². The van der Waals surface area contributed by atoms with Gasteiger partial charge in [0.15, 0.2) is 0 Å². The number of amides is 1. The maximum atomic E-state index is 12.0. The Labute approximate surface area is 119 Å². The first kappa shape index (κ1) is 16.1. The van der Waals surface area contributed by atoms with Gasteiger partial charge in [0.2, 0.25) is 0 Å². The van der Waals surface area contributed by atoms with E-state index in [9.17, 15) is 14.9 Å². The largest absolute Gasteiger partial charge is 0.350 e. The second-order valence-corrected chi connectivity index (χ2v) is 5.51. The molecule has 0 spiro atoms. The number of nitrogens with zero attached hydrogens (tertiary/aromatic N) is 1. The van der Waals surface area contributed by atoms with Gasteiger partial charge in [-0.15, -0.1) is 0 Å². The quantitative estimate of drug-likeness (QED) is 0.612. The normalized spacial score (nSPS) is 12.2. The number of nitrogens with one attached hydrogen (secondary N) is 1. The second-order valence-electron chi connectivity index (χ2n) is 5.51. The van der Waals surface area contributed by atoms with Crippen LogP contribution in [0.3, 0.4) is 0 Å². The molecule has 1 atom stereocenters. The van der Waals surface area contributed by atoms with Crippen molar-refractivity contribution in [2.24, 2.45) is 5.92 Å². The fourth-order valence-corrected chi connectivity index (χ4v) is 1.97. The van der Waals surface area contributed by atoms with Gasteiger partial charge in [-0.1, -0.05) is 32.8 Å². The lowest BCUT2D eigenvalue weighted by atomic mass is 10.0. The van der Waals surface area contributed by atoms with Crippen LogP contribution < -0.4 is 5.32 Å². The molecule has 0 fully saturated rings. The van der Waals surface area contributed by atoms with Crippen molar-refractivity contribution in [3.63, 3.8) is 0 Å². The predicted octanol–water partition coefficient (Wildman–Crippen LogP) is 3.54. The molecular weight excluding hydrogens is 256 g/mol. The third-order valence-corrected chi connectivity index (χ3v) is 3.12. The molecule has 0 bridgehead atoms. The van der Waals surface area contributed by atoms with E-state index in [2.05, 4.69) is 19.2 Å². The topological polar surface area (TPSA) is 72.2 Å². The molecule has 1 rings (SSSR count). The van der Waals surface area contributed by atoms with E-state index in [1.54, 1.807) is 6.07 Å². The molecule has 1 N–H and O–H groups in total. The molecule has 0 aromatic heterocycles. The smallest absolute Gasteiger partial charge is 0.270 e. The number of nitro groups is 1. The Morgan fingerprint density at radius 3 is 2.60 bits per heavy atom. The molecule has 0 aliphatic heterocycles. The molecule has 0 aliphatic carbocycles. The minimum absolute atomic E-state index is 0.0647. The maximum Gasteiger partial charge on any atom is 0.270 e. The fourth-order valence-electron chi connectivity index (χ4n) is 1.97. The average Bonchev–Trinajstić information content (AvgIpc) is 2.38. The molecule has 1 aromatic carbocycles. The van der Waals surface area contributed by atoms with Crippen LogP contribution in [0, 0.1) is 16.0 Å². The van der Waals surface area contributed by atoms with Gasteiger partial charge in [-0.05, 0) is 25.3 Å². The van der Waals surface area contributed by atoms with Crippen molar-refractivity contribution < 1.29 is 9.72 Å². The number of rotatable bonds is 7. The minimum Gasteiger partial charge on any atom is -0.350 e. The van der Waals surface area contributed by atoms with Gasteiger partial charge in [-0.3, -0.25) is 14.9 Å². The van der Waals surface area contributed by atoms with E-state index >= 15 is 0 Å². The number of carbonyl (C=O) groups excluding carboxylic acids is 1. The number of non-ortho nitro benzene ring substituents is 1. The Kier molecular flexibility index (Phi) is 6.15. The van der Waals surface area contributed by atoms with Crippen LogP contribution in [0.5, 0.6) is 0 Å². The molecular formula is C15H22N2O3. The summed E-state index contributed by atoms with van der Waals surface area (Å²) in [6, 6.07) is 5.86. The molecule has 1 amide bonds. The molecule has 5 heteroatoms.